The minimum absolute atomic E-state index is 0.0391. The van der Waals surface area contributed by atoms with Gasteiger partial charge in [0, 0.05) is 13.0 Å². The fraction of sp³-hybridized carbons (Fsp3) is 0.744. The molecule has 3 atom stereocenters. The molecule has 0 fully saturated rings. The molecule has 0 aromatic heterocycles. The average molecular weight is 769 g/mol. The standard InChI is InChI=1S/C43H77O9P/c1-3-5-7-9-11-13-15-16-17-18-19-20-21-22-23-24-25-27-29-31-33-35-43(46)52-42(40-51-53(47,48)50-38-41(45)37-44)39-49-36-34-32-30-28-26-14-12-10-8-6-4-2/h5,7-8,10-11,13,16-17,19-20,41-42,44-45H,3-4,6,9,12,14-15,18,21-40H2,1-2H3,(H,47,48)/b7-5-,10-8-,13-11-,17-16-,20-19-. The maximum Gasteiger partial charge on any atom is 0.472 e. The van der Waals surface area contributed by atoms with Crippen molar-refractivity contribution in [1.29, 1.82) is 0 Å². The van der Waals surface area contributed by atoms with E-state index in [2.05, 4.69) is 74.6 Å². The number of unbranched alkanes of at least 4 members (excludes halogenated alkanes) is 15. The zero-order valence-corrected chi connectivity index (χ0v) is 34.4. The Bertz CT molecular complexity index is 1010. The summed E-state index contributed by atoms with van der Waals surface area (Å²) in [5.74, 6) is -0.396. The second-order valence-corrected chi connectivity index (χ2v) is 15.1. The highest BCUT2D eigenvalue weighted by Gasteiger charge is 2.26. The fourth-order valence-corrected chi connectivity index (χ4v) is 6.08. The average Bonchev–Trinajstić information content (AvgIpc) is 3.15. The molecule has 0 heterocycles. The van der Waals surface area contributed by atoms with Crippen LogP contribution in [0.2, 0.25) is 0 Å². The summed E-state index contributed by atoms with van der Waals surface area (Å²) < 4.78 is 33.3. The monoisotopic (exact) mass is 769 g/mol. The highest BCUT2D eigenvalue weighted by Crippen LogP contribution is 2.43. The van der Waals surface area contributed by atoms with Crippen molar-refractivity contribution in [2.75, 3.05) is 33.0 Å². The van der Waals surface area contributed by atoms with E-state index in [0.29, 0.717) is 6.61 Å². The van der Waals surface area contributed by atoms with Crippen LogP contribution in [0, 0.1) is 0 Å². The summed E-state index contributed by atoms with van der Waals surface area (Å²) in [7, 11) is -4.52. The van der Waals surface area contributed by atoms with Gasteiger partial charge in [-0.3, -0.25) is 13.8 Å². The molecule has 0 aliphatic heterocycles. The molecule has 9 nitrogen and oxygen atoms in total. The summed E-state index contributed by atoms with van der Waals surface area (Å²) in [5.41, 5.74) is 0. The molecule has 0 aliphatic rings. The van der Waals surface area contributed by atoms with E-state index in [1.165, 1.54) is 51.4 Å². The van der Waals surface area contributed by atoms with Gasteiger partial charge in [-0.1, -0.05) is 145 Å². The third-order valence-electron chi connectivity index (χ3n) is 8.42. The molecule has 0 saturated carbocycles. The quantitative estimate of drug-likeness (QED) is 0.0242. The number of phosphoric acid groups is 1. The molecule has 3 N–H and O–H groups in total. The lowest BCUT2D eigenvalue weighted by Crippen LogP contribution is -2.29. The van der Waals surface area contributed by atoms with Crippen LogP contribution < -0.4 is 0 Å². The van der Waals surface area contributed by atoms with Crippen molar-refractivity contribution in [2.45, 2.75) is 174 Å². The predicted octanol–water partition coefficient (Wildman–Crippen LogP) is 11.2. The lowest BCUT2D eigenvalue weighted by molar-refractivity contribution is -0.154. The fourth-order valence-electron chi connectivity index (χ4n) is 5.29. The lowest BCUT2D eigenvalue weighted by Gasteiger charge is -2.20. The Hall–Kier alpha value is -1.84. The highest BCUT2D eigenvalue weighted by atomic mass is 31.2. The molecule has 0 radical (unpaired) electrons. The van der Waals surface area contributed by atoms with Crippen molar-refractivity contribution in [1.82, 2.24) is 0 Å². The summed E-state index contributed by atoms with van der Waals surface area (Å²) in [6.07, 6.45) is 44.6. The van der Waals surface area contributed by atoms with Crippen molar-refractivity contribution in [2.24, 2.45) is 0 Å². The van der Waals surface area contributed by atoms with E-state index < -0.39 is 39.2 Å². The van der Waals surface area contributed by atoms with Gasteiger partial charge in [-0.25, -0.2) is 4.57 Å². The van der Waals surface area contributed by atoms with Gasteiger partial charge >= 0.3 is 13.8 Å². The molecule has 0 amide bonds. The summed E-state index contributed by atoms with van der Waals surface area (Å²) in [6.45, 7) is 3.31. The number of aliphatic hydroxyl groups is 2. The van der Waals surface area contributed by atoms with Crippen LogP contribution in [0.15, 0.2) is 60.8 Å². The van der Waals surface area contributed by atoms with Crippen LogP contribution >= 0.6 is 7.82 Å². The normalized spacial score (nSPS) is 14.7. The molecule has 0 saturated heterocycles. The number of rotatable bonds is 39. The van der Waals surface area contributed by atoms with Crippen LogP contribution in [0.4, 0.5) is 0 Å². The molecular weight excluding hydrogens is 691 g/mol. The number of aliphatic hydroxyl groups excluding tert-OH is 2. The third-order valence-corrected chi connectivity index (χ3v) is 9.37. The van der Waals surface area contributed by atoms with Crippen LogP contribution in [-0.2, 0) is 27.9 Å². The molecule has 0 aliphatic carbocycles. The number of hydrogen-bond donors (Lipinski definition) is 3. The van der Waals surface area contributed by atoms with Crippen molar-refractivity contribution >= 4 is 13.8 Å². The second-order valence-electron chi connectivity index (χ2n) is 13.6. The topological polar surface area (TPSA) is 132 Å². The van der Waals surface area contributed by atoms with Crippen molar-refractivity contribution < 1.29 is 43.0 Å². The molecule has 3 unspecified atom stereocenters. The first-order valence-electron chi connectivity index (χ1n) is 20.8. The van der Waals surface area contributed by atoms with E-state index in [1.807, 2.05) is 0 Å². The zero-order chi connectivity index (χ0) is 38.9. The largest absolute Gasteiger partial charge is 0.472 e. The van der Waals surface area contributed by atoms with Gasteiger partial charge in [0.2, 0.25) is 0 Å². The maximum absolute atomic E-state index is 12.6. The van der Waals surface area contributed by atoms with Gasteiger partial charge < -0.3 is 24.6 Å². The first-order valence-corrected chi connectivity index (χ1v) is 22.3. The zero-order valence-electron chi connectivity index (χ0n) is 33.5. The van der Waals surface area contributed by atoms with E-state index in [9.17, 15) is 19.4 Å². The molecule has 308 valence electrons. The summed E-state index contributed by atoms with van der Waals surface area (Å²) in [4.78, 5) is 22.5. The van der Waals surface area contributed by atoms with E-state index in [1.54, 1.807) is 0 Å². The van der Waals surface area contributed by atoms with E-state index in [4.69, 9.17) is 23.6 Å². The minimum Gasteiger partial charge on any atom is -0.457 e. The number of allylic oxidation sites excluding steroid dienone is 10. The van der Waals surface area contributed by atoms with E-state index >= 15 is 0 Å². The summed E-state index contributed by atoms with van der Waals surface area (Å²) in [6, 6.07) is 0. The van der Waals surface area contributed by atoms with Crippen molar-refractivity contribution in [3.8, 4) is 0 Å². The Morgan fingerprint density at radius 3 is 1.64 bits per heavy atom. The van der Waals surface area contributed by atoms with Gasteiger partial charge in [-0.2, -0.15) is 0 Å². The van der Waals surface area contributed by atoms with Gasteiger partial charge in [0.1, 0.15) is 12.2 Å². The Labute approximate surface area is 323 Å². The summed E-state index contributed by atoms with van der Waals surface area (Å²) in [5, 5.41) is 18.3. The molecule has 53 heavy (non-hydrogen) atoms. The Balaban J connectivity index is 4.17. The molecule has 0 spiro atoms. The molecule has 0 aromatic carbocycles. The molecule has 0 bridgehead atoms. The number of phosphoric ester groups is 1. The third kappa shape index (κ3) is 39.7. The maximum atomic E-state index is 12.6. The SMILES string of the molecule is CC/C=C\C/C=C\C/C=C\C/C=C\CCCCCCCCCCC(=O)OC(COCCCCCCCC/C=C\CCC)COP(=O)(O)OCC(O)CO. The van der Waals surface area contributed by atoms with Crippen LogP contribution in [0.3, 0.4) is 0 Å². The second kappa shape index (κ2) is 39.8. The number of esters is 1. The van der Waals surface area contributed by atoms with E-state index in [0.717, 1.165) is 89.9 Å². The first-order chi connectivity index (χ1) is 25.8. The van der Waals surface area contributed by atoms with Gasteiger partial charge in [-0.05, 0) is 70.6 Å². The van der Waals surface area contributed by atoms with Crippen molar-refractivity contribution in [3.63, 3.8) is 0 Å². The Morgan fingerprint density at radius 1 is 0.604 bits per heavy atom. The molecular formula is C43H77O9P. The van der Waals surface area contributed by atoms with Crippen molar-refractivity contribution in [3.05, 3.63) is 60.8 Å². The number of carbonyl (C=O) groups is 1. The lowest BCUT2D eigenvalue weighted by atomic mass is 10.1. The van der Waals surface area contributed by atoms with Crippen LogP contribution in [-0.4, -0.2) is 66.3 Å². The number of carbonyl (C=O) groups excluding carboxylic acids is 1. The molecule has 10 heteroatoms. The van der Waals surface area contributed by atoms with Gasteiger partial charge in [0.05, 0.1) is 26.4 Å². The predicted molar refractivity (Wildman–Crippen MR) is 219 cm³/mol. The first kappa shape index (κ1) is 51.2. The number of ether oxygens (including phenoxy) is 2. The molecule has 0 rings (SSSR count). The van der Waals surface area contributed by atoms with Gasteiger partial charge in [-0.15, -0.1) is 0 Å². The smallest absolute Gasteiger partial charge is 0.457 e. The molecule has 0 aromatic rings. The highest BCUT2D eigenvalue weighted by molar-refractivity contribution is 7.47. The Morgan fingerprint density at radius 2 is 1.08 bits per heavy atom. The number of hydrogen-bond acceptors (Lipinski definition) is 8. The van der Waals surface area contributed by atoms with Gasteiger partial charge in [0.25, 0.3) is 0 Å². The van der Waals surface area contributed by atoms with Crippen LogP contribution in [0.5, 0.6) is 0 Å². The Kier molecular flexibility index (Phi) is 38.5. The van der Waals surface area contributed by atoms with Crippen LogP contribution in [0.1, 0.15) is 162 Å². The summed E-state index contributed by atoms with van der Waals surface area (Å²) >= 11 is 0. The minimum atomic E-state index is -4.52. The van der Waals surface area contributed by atoms with Crippen LogP contribution in [0.25, 0.3) is 0 Å². The van der Waals surface area contributed by atoms with E-state index in [-0.39, 0.29) is 19.6 Å². The van der Waals surface area contributed by atoms with Gasteiger partial charge in [0.15, 0.2) is 0 Å².